The van der Waals surface area contributed by atoms with Crippen LogP contribution in [0.15, 0.2) is 12.1 Å². The lowest BCUT2D eigenvalue weighted by molar-refractivity contribution is -0.385. The van der Waals surface area contributed by atoms with Crippen LogP contribution in [0.3, 0.4) is 0 Å². The smallest absolute Gasteiger partial charge is 0.285 e. The van der Waals surface area contributed by atoms with Crippen LogP contribution in [0.5, 0.6) is 0 Å². The van der Waals surface area contributed by atoms with Crippen LogP contribution >= 0.6 is 0 Å². The molecule has 0 bridgehead atoms. The van der Waals surface area contributed by atoms with Gasteiger partial charge in [-0.2, -0.15) is 0 Å². The SMILES string of the molecule is O=C1CCN(C(=O)c2cc(F)c(F)cc2[N+](=O)[O-])CC1. The Morgan fingerprint density at radius 2 is 1.75 bits per heavy atom. The van der Waals surface area contributed by atoms with Gasteiger partial charge in [-0.15, -0.1) is 0 Å². The molecule has 1 heterocycles. The van der Waals surface area contributed by atoms with E-state index in [0.29, 0.717) is 12.1 Å². The lowest BCUT2D eigenvalue weighted by atomic mass is 10.1. The van der Waals surface area contributed by atoms with Crippen molar-refractivity contribution in [1.82, 2.24) is 4.90 Å². The van der Waals surface area contributed by atoms with Gasteiger partial charge in [0.05, 0.1) is 11.0 Å². The molecule has 0 N–H and O–H groups in total. The summed E-state index contributed by atoms with van der Waals surface area (Å²) in [6.07, 6.45) is 0.312. The molecule has 0 atom stereocenters. The second kappa shape index (κ2) is 5.32. The number of ketones is 1. The summed E-state index contributed by atoms with van der Waals surface area (Å²) in [4.78, 5) is 34.3. The second-order valence-corrected chi connectivity index (χ2v) is 4.37. The van der Waals surface area contributed by atoms with Gasteiger partial charge < -0.3 is 4.90 Å². The number of nitro benzene ring substituents is 1. The molecule has 1 aliphatic heterocycles. The quantitative estimate of drug-likeness (QED) is 0.611. The maximum Gasteiger partial charge on any atom is 0.285 e. The van der Waals surface area contributed by atoms with E-state index in [1.165, 1.54) is 4.90 Å². The summed E-state index contributed by atoms with van der Waals surface area (Å²) in [6.45, 7) is 0.238. The van der Waals surface area contributed by atoms with Gasteiger partial charge in [0, 0.05) is 25.9 Å². The molecule has 0 aromatic heterocycles. The molecule has 1 aromatic rings. The van der Waals surface area contributed by atoms with Crippen molar-refractivity contribution in [3.8, 4) is 0 Å². The van der Waals surface area contributed by atoms with Crippen molar-refractivity contribution >= 4 is 17.4 Å². The number of piperidine rings is 1. The van der Waals surface area contributed by atoms with E-state index >= 15 is 0 Å². The molecule has 106 valence electrons. The van der Waals surface area contributed by atoms with Crippen LogP contribution in [0.1, 0.15) is 23.2 Å². The minimum absolute atomic E-state index is 0.00571. The van der Waals surface area contributed by atoms with Crippen molar-refractivity contribution in [2.75, 3.05) is 13.1 Å². The number of Topliss-reactive ketones (excluding diaryl/α,β-unsaturated/α-hetero) is 1. The molecule has 1 aromatic carbocycles. The highest BCUT2D eigenvalue weighted by Gasteiger charge is 2.29. The average Bonchev–Trinajstić information content (AvgIpc) is 2.41. The summed E-state index contributed by atoms with van der Waals surface area (Å²) in [6, 6.07) is 0.907. The standard InChI is InChI=1S/C12H10F2N2O4/c13-9-5-8(11(16(19)20)6-10(9)14)12(18)15-3-1-7(17)2-4-15/h5-6H,1-4H2. The van der Waals surface area contributed by atoms with Gasteiger partial charge >= 0.3 is 0 Å². The number of amides is 1. The number of likely N-dealkylation sites (tertiary alicyclic amines) is 1. The van der Waals surface area contributed by atoms with Gasteiger partial charge in [0.25, 0.3) is 11.6 Å². The number of hydrogen-bond donors (Lipinski definition) is 0. The van der Waals surface area contributed by atoms with E-state index in [1.54, 1.807) is 0 Å². The lowest BCUT2D eigenvalue weighted by Gasteiger charge is -2.25. The number of nitro groups is 1. The number of carbonyl (C=O) groups excluding carboxylic acids is 2. The van der Waals surface area contributed by atoms with Crippen LogP contribution in [-0.4, -0.2) is 34.6 Å². The zero-order valence-corrected chi connectivity index (χ0v) is 10.3. The highest BCUT2D eigenvalue weighted by molar-refractivity contribution is 5.99. The Balaban J connectivity index is 2.36. The fourth-order valence-electron chi connectivity index (χ4n) is 1.99. The normalized spacial score (nSPS) is 15.3. The maximum atomic E-state index is 13.2. The number of halogens is 2. The molecule has 6 nitrogen and oxygen atoms in total. The topological polar surface area (TPSA) is 80.5 Å². The third-order valence-electron chi connectivity index (χ3n) is 3.07. The molecular formula is C12H10F2N2O4. The van der Waals surface area contributed by atoms with Crippen LogP contribution in [0.2, 0.25) is 0 Å². The first kappa shape index (κ1) is 14.0. The van der Waals surface area contributed by atoms with Crippen LogP contribution in [-0.2, 0) is 4.79 Å². The molecule has 0 saturated carbocycles. The Hall–Kier alpha value is -2.38. The van der Waals surface area contributed by atoms with Crippen LogP contribution in [0.4, 0.5) is 14.5 Å². The van der Waals surface area contributed by atoms with Crippen molar-refractivity contribution in [3.63, 3.8) is 0 Å². The molecule has 2 rings (SSSR count). The van der Waals surface area contributed by atoms with Crippen LogP contribution in [0.25, 0.3) is 0 Å². The zero-order valence-electron chi connectivity index (χ0n) is 10.3. The molecule has 20 heavy (non-hydrogen) atoms. The first-order valence-electron chi connectivity index (χ1n) is 5.84. The third kappa shape index (κ3) is 2.63. The average molecular weight is 284 g/mol. The van der Waals surface area contributed by atoms with Crippen LogP contribution in [0, 0.1) is 21.7 Å². The maximum absolute atomic E-state index is 13.2. The van der Waals surface area contributed by atoms with Crippen molar-refractivity contribution in [1.29, 1.82) is 0 Å². The minimum atomic E-state index is -1.39. The monoisotopic (exact) mass is 284 g/mol. The molecule has 8 heteroatoms. The van der Waals surface area contributed by atoms with Gasteiger partial charge in [-0.05, 0) is 6.07 Å². The molecule has 1 amide bonds. The fraction of sp³-hybridized carbons (Fsp3) is 0.333. The van der Waals surface area contributed by atoms with E-state index in [-0.39, 0.29) is 31.7 Å². The van der Waals surface area contributed by atoms with Gasteiger partial charge in [-0.3, -0.25) is 19.7 Å². The molecule has 1 fully saturated rings. The lowest BCUT2D eigenvalue weighted by Crippen LogP contribution is -2.38. The molecule has 0 unspecified atom stereocenters. The number of carbonyl (C=O) groups is 2. The van der Waals surface area contributed by atoms with Crippen molar-refractivity contribution in [2.24, 2.45) is 0 Å². The van der Waals surface area contributed by atoms with E-state index < -0.39 is 33.7 Å². The molecule has 0 radical (unpaired) electrons. The Morgan fingerprint density at radius 3 is 2.30 bits per heavy atom. The molecule has 1 aliphatic rings. The largest absolute Gasteiger partial charge is 0.338 e. The Kier molecular flexibility index (Phi) is 3.73. The van der Waals surface area contributed by atoms with Gasteiger partial charge in [-0.25, -0.2) is 8.78 Å². The number of benzene rings is 1. The Labute approximate surface area is 112 Å². The highest BCUT2D eigenvalue weighted by atomic mass is 19.2. The van der Waals surface area contributed by atoms with E-state index in [9.17, 15) is 28.5 Å². The summed E-state index contributed by atoms with van der Waals surface area (Å²) in [5.74, 6) is -3.49. The predicted molar refractivity (Wildman–Crippen MR) is 63.2 cm³/mol. The van der Waals surface area contributed by atoms with Crippen LogP contribution < -0.4 is 0 Å². The minimum Gasteiger partial charge on any atom is -0.338 e. The molecule has 0 aliphatic carbocycles. The Morgan fingerprint density at radius 1 is 1.20 bits per heavy atom. The van der Waals surface area contributed by atoms with E-state index in [2.05, 4.69) is 0 Å². The van der Waals surface area contributed by atoms with E-state index in [0.717, 1.165) is 0 Å². The highest BCUT2D eigenvalue weighted by Crippen LogP contribution is 2.24. The van der Waals surface area contributed by atoms with Crippen molar-refractivity contribution in [2.45, 2.75) is 12.8 Å². The number of nitrogens with zero attached hydrogens (tertiary/aromatic N) is 2. The number of rotatable bonds is 2. The van der Waals surface area contributed by atoms with Crippen molar-refractivity contribution in [3.05, 3.63) is 39.4 Å². The third-order valence-corrected chi connectivity index (χ3v) is 3.07. The summed E-state index contributed by atoms with van der Waals surface area (Å²) >= 11 is 0. The van der Waals surface area contributed by atoms with Gasteiger partial charge in [0.2, 0.25) is 0 Å². The molecule has 0 spiro atoms. The first-order valence-corrected chi connectivity index (χ1v) is 5.84. The summed E-state index contributed by atoms with van der Waals surface area (Å²) < 4.78 is 26.2. The molecule has 1 saturated heterocycles. The Bertz CT molecular complexity index is 593. The number of hydrogen-bond acceptors (Lipinski definition) is 4. The summed E-state index contributed by atoms with van der Waals surface area (Å²) in [7, 11) is 0. The van der Waals surface area contributed by atoms with Gasteiger partial charge in [0.15, 0.2) is 11.6 Å². The summed E-state index contributed by atoms with van der Waals surface area (Å²) in [5, 5.41) is 10.8. The predicted octanol–water partition coefficient (Wildman–Crippen LogP) is 1.68. The van der Waals surface area contributed by atoms with E-state index in [4.69, 9.17) is 0 Å². The molecular weight excluding hydrogens is 274 g/mol. The van der Waals surface area contributed by atoms with Crippen molar-refractivity contribution < 1.29 is 23.3 Å². The van der Waals surface area contributed by atoms with E-state index in [1.807, 2.05) is 0 Å². The zero-order chi connectivity index (χ0) is 14.9. The van der Waals surface area contributed by atoms with Gasteiger partial charge in [-0.1, -0.05) is 0 Å². The summed E-state index contributed by atoms with van der Waals surface area (Å²) in [5.41, 5.74) is -1.30. The first-order chi connectivity index (χ1) is 9.40. The second-order valence-electron chi connectivity index (χ2n) is 4.37. The van der Waals surface area contributed by atoms with Gasteiger partial charge in [0.1, 0.15) is 11.3 Å². The fourth-order valence-corrected chi connectivity index (χ4v) is 1.99.